The largest absolute Gasteiger partial charge is 0.390 e. The molecule has 35 heavy (non-hydrogen) atoms. The molecule has 4 saturated carbocycles. The lowest BCUT2D eigenvalue weighted by Crippen LogP contribution is -2.55. The maximum absolute atomic E-state index is 13.9. The Morgan fingerprint density at radius 3 is 2.54 bits per heavy atom. The number of nitrogens with zero attached hydrogens (tertiary/aromatic N) is 2. The first-order valence-corrected chi connectivity index (χ1v) is 13.6. The third-order valence-electron chi connectivity index (χ3n) is 11.3. The second-order valence-electron chi connectivity index (χ2n) is 13.1. The van der Waals surface area contributed by atoms with Crippen LogP contribution < -0.4 is 0 Å². The van der Waals surface area contributed by atoms with E-state index < -0.39 is 17.2 Å². The van der Waals surface area contributed by atoms with E-state index in [-0.39, 0.29) is 23.7 Å². The van der Waals surface area contributed by atoms with Gasteiger partial charge in [0, 0.05) is 17.4 Å². The van der Waals surface area contributed by atoms with Gasteiger partial charge in [-0.05, 0) is 105 Å². The molecule has 6 rings (SSSR count). The van der Waals surface area contributed by atoms with Gasteiger partial charge in [-0.2, -0.15) is 5.10 Å². The number of carbonyl (C=O) groups is 1. The topological polar surface area (TPSA) is 55.1 Å². The molecule has 8 atom stereocenters. The Hall–Kier alpha value is -1.82. The molecule has 4 fully saturated rings. The van der Waals surface area contributed by atoms with E-state index in [1.165, 1.54) is 25.5 Å². The molecule has 0 amide bonds. The van der Waals surface area contributed by atoms with E-state index in [9.17, 15) is 18.7 Å². The van der Waals surface area contributed by atoms with Crippen LogP contribution in [0.25, 0.3) is 10.9 Å². The molecule has 190 valence electrons. The molecule has 4 nitrogen and oxygen atoms in total. The van der Waals surface area contributed by atoms with Crippen molar-refractivity contribution in [1.29, 1.82) is 0 Å². The summed E-state index contributed by atoms with van der Waals surface area (Å²) in [4.78, 5) is 13.6. The Bertz CT molecular complexity index is 1170. The van der Waals surface area contributed by atoms with Gasteiger partial charge in [-0.25, -0.2) is 8.78 Å². The van der Waals surface area contributed by atoms with Crippen LogP contribution in [0.1, 0.15) is 78.6 Å². The van der Waals surface area contributed by atoms with Gasteiger partial charge in [-0.1, -0.05) is 13.8 Å². The third-order valence-corrected chi connectivity index (χ3v) is 11.3. The number of hydrogen-bond acceptors (Lipinski definition) is 3. The lowest BCUT2D eigenvalue weighted by Gasteiger charge is -2.61. The molecule has 0 saturated heterocycles. The van der Waals surface area contributed by atoms with Crippen molar-refractivity contribution in [2.24, 2.45) is 40.4 Å². The van der Waals surface area contributed by atoms with Gasteiger partial charge in [0.2, 0.25) is 0 Å². The van der Waals surface area contributed by atoms with Gasteiger partial charge in [0.25, 0.3) is 0 Å². The van der Waals surface area contributed by atoms with Crippen LogP contribution in [-0.4, -0.2) is 26.3 Å². The van der Waals surface area contributed by atoms with Gasteiger partial charge in [0.15, 0.2) is 17.4 Å². The Labute approximate surface area is 206 Å². The molecule has 1 aromatic carbocycles. The smallest absolute Gasteiger partial charge is 0.161 e. The maximum atomic E-state index is 13.9. The highest BCUT2D eigenvalue weighted by Crippen LogP contribution is 2.68. The number of Topliss-reactive ketones (excluding diaryl/α,β-unsaturated/α-hetero) is 1. The van der Waals surface area contributed by atoms with E-state index in [0.717, 1.165) is 50.7 Å². The molecule has 2 aromatic rings. The van der Waals surface area contributed by atoms with Crippen LogP contribution in [0, 0.1) is 52.1 Å². The lowest BCUT2D eigenvalue weighted by molar-refractivity contribution is -0.151. The van der Waals surface area contributed by atoms with E-state index in [1.54, 1.807) is 4.68 Å². The van der Waals surface area contributed by atoms with Crippen LogP contribution in [0.2, 0.25) is 0 Å². The molecule has 1 aromatic heterocycles. The van der Waals surface area contributed by atoms with Crippen LogP contribution in [0.3, 0.4) is 0 Å². The molecule has 1 heterocycles. The Kier molecular flexibility index (Phi) is 5.28. The summed E-state index contributed by atoms with van der Waals surface area (Å²) < 4.78 is 29.0. The summed E-state index contributed by atoms with van der Waals surface area (Å²) in [6, 6.07) is 2.30. The van der Waals surface area contributed by atoms with Gasteiger partial charge in [0.1, 0.15) is 6.54 Å². The fraction of sp³-hybridized carbons (Fsp3) is 0.724. The normalized spacial score (nSPS) is 43.0. The molecule has 0 radical (unpaired) electrons. The number of halogens is 2. The standard InChI is InChI=1S/C29H38F2N2O2/c1-27(35)10-11-28(2)18(14-27)4-5-19-20-6-7-22(29(20,3)9-8-21(19)28)26(34)16-33-25-13-24(31)23(30)12-17(25)15-32-33/h12-13,15,18-22,35H,4-11,14,16H2,1-3H3/t18-,19+,20+,21+,22-,27-,28+,29+/m1/s1. The minimum atomic E-state index is -0.911. The monoisotopic (exact) mass is 484 g/mol. The van der Waals surface area contributed by atoms with Crippen molar-refractivity contribution >= 4 is 16.7 Å². The fourth-order valence-electron chi connectivity index (χ4n) is 9.42. The molecule has 4 aliphatic rings. The third kappa shape index (κ3) is 3.53. The molecule has 0 unspecified atom stereocenters. The first kappa shape index (κ1) is 23.6. The van der Waals surface area contributed by atoms with Gasteiger partial charge < -0.3 is 5.11 Å². The highest BCUT2D eigenvalue weighted by atomic mass is 19.2. The van der Waals surface area contributed by atoms with Crippen LogP contribution in [0.5, 0.6) is 0 Å². The van der Waals surface area contributed by atoms with E-state index >= 15 is 0 Å². The highest BCUT2D eigenvalue weighted by molar-refractivity contribution is 5.85. The number of rotatable bonds is 3. The van der Waals surface area contributed by atoms with Crippen molar-refractivity contribution in [1.82, 2.24) is 9.78 Å². The predicted molar refractivity (Wildman–Crippen MR) is 130 cm³/mol. The molecule has 1 N–H and O–H groups in total. The van der Waals surface area contributed by atoms with E-state index in [4.69, 9.17) is 0 Å². The van der Waals surface area contributed by atoms with Gasteiger partial charge in [0.05, 0.1) is 17.3 Å². The van der Waals surface area contributed by atoms with Gasteiger partial charge in [-0.15, -0.1) is 0 Å². The minimum absolute atomic E-state index is 0.00191. The summed E-state index contributed by atoms with van der Waals surface area (Å²) in [5, 5.41) is 15.5. The molecular weight excluding hydrogens is 446 g/mol. The van der Waals surface area contributed by atoms with E-state index in [0.29, 0.717) is 40.0 Å². The fourth-order valence-corrected chi connectivity index (χ4v) is 9.42. The summed E-state index contributed by atoms with van der Waals surface area (Å²) in [7, 11) is 0. The number of fused-ring (bicyclic) bond motifs is 6. The Balaban J connectivity index is 1.22. The Morgan fingerprint density at radius 1 is 1.00 bits per heavy atom. The van der Waals surface area contributed by atoms with E-state index in [2.05, 4.69) is 18.9 Å². The van der Waals surface area contributed by atoms with Crippen molar-refractivity contribution in [3.05, 3.63) is 30.0 Å². The Morgan fingerprint density at radius 2 is 1.74 bits per heavy atom. The first-order chi connectivity index (χ1) is 16.5. The lowest BCUT2D eigenvalue weighted by atomic mass is 9.44. The zero-order valence-electron chi connectivity index (χ0n) is 21.2. The van der Waals surface area contributed by atoms with Crippen LogP contribution in [-0.2, 0) is 11.3 Å². The number of benzene rings is 1. The van der Waals surface area contributed by atoms with Crippen LogP contribution in [0.4, 0.5) is 8.78 Å². The number of aliphatic hydroxyl groups is 1. The van der Waals surface area contributed by atoms with Crippen LogP contribution >= 0.6 is 0 Å². The SMILES string of the molecule is C[C@@]1(O)CC[C@@]2(C)[C@H](CC[C@@H]3[C@@H]2CC[C@]2(C)[C@@H](C(=O)Cn4ncc5cc(F)c(F)cc54)CC[C@@H]32)C1. The summed E-state index contributed by atoms with van der Waals surface area (Å²) >= 11 is 0. The average molecular weight is 485 g/mol. The van der Waals surface area contributed by atoms with Crippen molar-refractivity contribution in [3.63, 3.8) is 0 Å². The molecule has 0 aliphatic heterocycles. The maximum Gasteiger partial charge on any atom is 0.161 e. The summed E-state index contributed by atoms with van der Waals surface area (Å²) in [5.41, 5.74) is 0.264. The van der Waals surface area contributed by atoms with Crippen molar-refractivity contribution in [2.45, 2.75) is 90.7 Å². The molecule has 0 spiro atoms. The van der Waals surface area contributed by atoms with Crippen molar-refractivity contribution in [3.8, 4) is 0 Å². The summed E-state index contributed by atoms with van der Waals surface area (Å²) in [6.45, 7) is 6.97. The molecular formula is C29H38F2N2O2. The first-order valence-electron chi connectivity index (χ1n) is 13.6. The zero-order valence-corrected chi connectivity index (χ0v) is 21.2. The number of carbonyl (C=O) groups excluding carboxylic acids is 1. The van der Waals surface area contributed by atoms with Crippen molar-refractivity contribution < 1.29 is 18.7 Å². The average Bonchev–Trinajstić information content (AvgIpc) is 3.34. The molecule has 4 aliphatic carbocycles. The second-order valence-corrected chi connectivity index (χ2v) is 13.1. The van der Waals surface area contributed by atoms with E-state index in [1.807, 2.05) is 6.92 Å². The second kappa shape index (κ2) is 7.84. The number of hydrogen-bond donors (Lipinski definition) is 1. The highest BCUT2D eigenvalue weighted by Gasteiger charge is 2.61. The van der Waals surface area contributed by atoms with Gasteiger partial charge in [-0.3, -0.25) is 9.48 Å². The summed E-state index contributed by atoms with van der Waals surface area (Å²) in [6.07, 6.45) is 11.1. The summed E-state index contributed by atoms with van der Waals surface area (Å²) in [5.74, 6) is 0.899. The predicted octanol–water partition coefficient (Wildman–Crippen LogP) is 6.29. The molecule has 0 bridgehead atoms. The quantitative estimate of drug-likeness (QED) is 0.557. The number of ketones is 1. The van der Waals surface area contributed by atoms with Crippen LogP contribution in [0.15, 0.2) is 18.3 Å². The minimum Gasteiger partial charge on any atom is -0.390 e. The number of aromatic nitrogens is 2. The zero-order chi connectivity index (χ0) is 24.8. The van der Waals surface area contributed by atoms with Gasteiger partial charge >= 0.3 is 0 Å². The van der Waals surface area contributed by atoms with Crippen molar-refractivity contribution in [2.75, 3.05) is 0 Å². The molecule has 6 heteroatoms.